The molecule has 1 unspecified atom stereocenters. The lowest BCUT2D eigenvalue weighted by atomic mass is 10.1. The van der Waals surface area contributed by atoms with Gasteiger partial charge in [-0.05, 0) is 19.4 Å². The molecule has 0 saturated carbocycles. The van der Waals surface area contributed by atoms with Crippen molar-refractivity contribution in [2.45, 2.75) is 44.6 Å². The van der Waals surface area contributed by atoms with Crippen LogP contribution in [-0.2, 0) is 13.0 Å². The predicted molar refractivity (Wildman–Crippen MR) is 95.7 cm³/mol. The summed E-state index contributed by atoms with van der Waals surface area (Å²) in [7, 11) is 0. The number of imidazole rings is 1. The van der Waals surface area contributed by atoms with Crippen molar-refractivity contribution in [1.82, 2.24) is 20.2 Å². The van der Waals surface area contributed by atoms with Gasteiger partial charge in [-0.1, -0.05) is 0 Å². The van der Waals surface area contributed by atoms with Gasteiger partial charge in [0, 0.05) is 48.4 Å². The monoisotopic (exact) mass is 428 g/mol. The number of amides is 2. The first-order valence-electron chi connectivity index (χ1n) is 9.15. The second kappa shape index (κ2) is 7.29. The lowest BCUT2D eigenvalue weighted by molar-refractivity contribution is -0.158. The van der Waals surface area contributed by atoms with Gasteiger partial charge in [0.15, 0.2) is 17.4 Å². The molecule has 0 radical (unpaired) electrons. The molecular formula is C19H17F5N4O2. The molecule has 3 heterocycles. The standard InChI is InChI=1S/C19H17F5N4O2/c1-9-12-6-10(20)7-13(21)16(12)30-15(9)17(19(22,23)24)27-18(29)26-11-2-3-14-25-4-5-28(14)8-11/h4-7,11,17H,2-3,8H2,1H3,(H2,26,27,29)/t11?,17-/m0/s1. The molecule has 0 fully saturated rings. The fourth-order valence-corrected chi connectivity index (χ4v) is 3.68. The van der Waals surface area contributed by atoms with E-state index in [1.54, 1.807) is 12.4 Å². The maximum absolute atomic E-state index is 13.9. The third kappa shape index (κ3) is 3.71. The second-order valence-corrected chi connectivity index (χ2v) is 7.18. The van der Waals surface area contributed by atoms with Crippen molar-refractivity contribution in [1.29, 1.82) is 0 Å². The number of alkyl halides is 3. The zero-order valence-electron chi connectivity index (χ0n) is 15.7. The van der Waals surface area contributed by atoms with E-state index in [4.69, 9.17) is 4.42 Å². The molecular weight excluding hydrogens is 411 g/mol. The number of nitrogens with one attached hydrogen (secondary N) is 2. The van der Waals surface area contributed by atoms with Crippen LogP contribution in [0.15, 0.2) is 28.9 Å². The molecule has 4 rings (SSSR count). The van der Waals surface area contributed by atoms with Gasteiger partial charge >= 0.3 is 12.2 Å². The maximum Gasteiger partial charge on any atom is 0.416 e. The van der Waals surface area contributed by atoms with Crippen molar-refractivity contribution in [2.24, 2.45) is 0 Å². The van der Waals surface area contributed by atoms with E-state index in [0.717, 1.165) is 11.9 Å². The highest BCUT2D eigenvalue weighted by molar-refractivity contribution is 5.83. The Balaban J connectivity index is 1.57. The highest BCUT2D eigenvalue weighted by Gasteiger charge is 2.45. The molecule has 0 spiro atoms. The van der Waals surface area contributed by atoms with Crippen LogP contribution < -0.4 is 10.6 Å². The Hall–Kier alpha value is -3.11. The minimum Gasteiger partial charge on any atom is -0.455 e. The zero-order chi connectivity index (χ0) is 21.6. The summed E-state index contributed by atoms with van der Waals surface area (Å²) in [5, 5.41) is 4.26. The topological polar surface area (TPSA) is 72.1 Å². The van der Waals surface area contributed by atoms with Gasteiger partial charge in [-0.15, -0.1) is 0 Å². The fraction of sp³-hybridized carbons (Fsp3) is 0.368. The van der Waals surface area contributed by atoms with E-state index in [0.29, 0.717) is 25.5 Å². The Labute approximate surface area is 167 Å². The highest BCUT2D eigenvalue weighted by Crippen LogP contribution is 2.39. The molecule has 160 valence electrons. The van der Waals surface area contributed by atoms with Gasteiger partial charge in [-0.25, -0.2) is 18.6 Å². The lowest BCUT2D eigenvalue weighted by Gasteiger charge is -2.26. The van der Waals surface area contributed by atoms with Crippen LogP contribution >= 0.6 is 0 Å². The van der Waals surface area contributed by atoms with Crippen LogP contribution in [0.5, 0.6) is 0 Å². The number of carbonyl (C=O) groups excluding carboxylic acids is 1. The van der Waals surface area contributed by atoms with Crippen LogP contribution in [-0.4, -0.2) is 27.8 Å². The van der Waals surface area contributed by atoms with Gasteiger partial charge in [0.2, 0.25) is 0 Å². The molecule has 11 heteroatoms. The average Bonchev–Trinajstić information content (AvgIpc) is 3.24. The van der Waals surface area contributed by atoms with E-state index in [9.17, 15) is 26.7 Å². The van der Waals surface area contributed by atoms with E-state index < -0.39 is 41.2 Å². The van der Waals surface area contributed by atoms with Gasteiger partial charge in [-0.3, -0.25) is 0 Å². The summed E-state index contributed by atoms with van der Waals surface area (Å²) in [6.45, 7) is 1.63. The summed E-state index contributed by atoms with van der Waals surface area (Å²) < 4.78 is 75.4. The molecule has 6 nitrogen and oxygen atoms in total. The first kappa shape index (κ1) is 20.2. The Bertz CT molecular complexity index is 1100. The van der Waals surface area contributed by atoms with Gasteiger partial charge in [0.1, 0.15) is 17.4 Å². The van der Waals surface area contributed by atoms with E-state index in [1.165, 1.54) is 6.92 Å². The quantitative estimate of drug-likeness (QED) is 0.617. The molecule has 2 atom stereocenters. The smallest absolute Gasteiger partial charge is 0.416 e. The third-order valence-corrected chi connectivity index (χ3v) is 5.13. The summed E-state index contributed by atoms with van der Waals surface area (Å²) in [5.41, 5.74) is -0.605. The van der Waals surface area contributed by atoms with Crippen LogP contribution in [0.4, 0.5) is 26.7 Å². The lowest BCUT2D eigenvalue weighted by Crippen LogP contribution is -2.49. The van der Waals surface area contributed by atoms with Crippen molar-refractivity contribution < 1.29 is 31.2 Å². The molecule has 2 amide bonds. The van der Waals surface area contributed by atoms with Crippen molar-refractivity contribution in [3.05, 3.63) is 53.3 Å². The molecule has 0 aliphatic carbocycles. The summed E-state index contributed by atoms with van der Waals surface area (Å²) in [5.74, 6) is -1.92. The summed E-state index contributed by atoms with van der Waals surface area (Å²) in [6, 6.07) is -2.55. The SMILES string of the molecule is Cc1c([C@H](NC(=O)NC2CCc3nccn3C2)C(F)(F)F)oc2c(F)cc(F)cc12. The largest absolute Gasteiger partial charge is 0.455 e. The summed E-state index contributed by atoms with van der Waals surface area (Å²) in [6.07, 6.45) is -0.479. The number of rotatable bonds is 3. The summed E-state index contributed by atoms with van der Waals surface area (Å²) in [4.78, 5) is 16.5. The number of halogens is 5. The number of fused-ring (bicyclic) bond motifs is 2. The van der Waals surface area contributed by atoms with Crippen molar-refractivity contribution in [3.63, 3.8) is 0 Å². The molecule has 30 heavy (non-hydrogen) atoms. The molecule has 1 aromatic carbocycles. The number of nitrogens with zero attached hydrogens (tertiary/aromatic N) is 2. The van der Waals surface area contributed by atoms with Gasteiger partial charge in [0.05, 0.1) is 0 Å². The van der Waals surface area contributed by atoms with Gasteiger partial charge in [-0.2, -0.15) is 13.2 Å². The molecule has 1 aliphatic rings. The average molecular weight is 428 g/mol. The number of aromatic nitrogens is 2. The predicted octanol–water partition coefficient (Wildman–Crippen LogP) is 4.13. The van der Waals surface area contributed by atoms with E-state index >= 15 is 0 Å². The first-order chi connectivity index (χ1) is 14.1. The van der Waals surface area contributed by atoms with Crippen LogP contribution in [0.1, 0.15) is 29.6 Å². The van der Waals surface area contributed by atoms with Crippen LogP contribution in [0, 0.1) is 18.6 Å². The van der Waals surface area contributed by atoms with Crippen molar-refractivity contribution in [2.75, 3.05) is 0 Å². The zero-order valence-corrected chi connectivity index (χ0v) is 15.7. The number of benzene rings is 1. The number of hydrogen-bond acceptors (Lipinski definition) is 3. The van der Waals surface area contributed by atoms with E-state index in [-0.39, 0.29) is 17.0 Å². The minimum absolute atomic E-state index is 0.105. The Morgan fingerprint density at radius 1 is 1.33 bits per heavy atom. The molecule has 3 aromatic rings. The maximum atomic E-state index is 13.9. The van der Waals surface area contributed by atoms with Crippen molar-refractivity contribution >= 4 is 17.0 Å². The summed E-state index contributed by atoms with van der Waals surface area (Å²) >= 11 is 0. The second-order valence-electron chi connectivity index (χ2n) is 7.18. The van der Waals surface area contributed by atoms with Crippen LogP contribution in [0.25, 0.3) is 11.0 Å². The normalized spacial score (nSPS) is 17.6. The molecule has 0 saturated heterocycles. The highest BCUT2D eigenvalue weighted by atomic mass is 19.4. The molecule has 2 N–H and O–H groups in total. The van der Waals surface area contributed by atoms with E-state index in [2.05, 4.69) is 10.3 Å². The van der Waals surface area contributed by atoms with Gasteiger partial charge < -0.3 is 19.6 Å². The van der Waals surface area contributed by atoms with Gasteiger partial charge in [0.25, 0.3) is 0 Å². The minimum atomic E-state index is -4.92. The number of furan rings is 1. The molecule has 0 bridgehead atoms. The molecule has 1 aliphatic heterocycles. The third-order valence-electron chi connectivity index (χ3n) is 5.13. The number of hydrogen-bond donors (Lipinski definition) is 2. The van der Waals surface area contributed by atoms with E-state index in [1.807, 2.05) is 9.88 Å². The first-order valence-corrected chi connectivity index (χ1v) is 9.15. The number of urea groups is 1. The Morgan fingerprint density at radius 3 is 2.83 bits per heavy atom. The van der Waals surface area contributed by atoms with Crippen LogP contribution in [0.3, 0.4) is 0 Å². The van der Waals surface area contributed by atoms with Crippen LogP contribution in [0.2, 0.25) is 0 Å². The Morgan fingerprint density at radius 2 is 2.10 bits per heavy atom. The Kier molecular flexibility index (Phi) is 4.91. The fourth-order valence-electron chi connectivity index (χ4n) is 3.68. The molecule has 2 aromatic heterocycles. The number of carbonyl (C=O) groups is 1. The van der Waals surface area contributed by atoms with Crippen molar-refractivity contribution in [3.8, 4) is 0 Å². The number of aryl methyl sites for hydroxylation is 2.